The molecule has 0 amide bonds. The van der Waals surface area contributed by atoms with Gasteiger partial charge >= 0.3 is 0 Å². The number of fused-ring (bicyclic) bond motifs is 1. The van der Waals surface area contributed by atoms with Gasteiger partial charge in [0.2, 0.25) is 0 Å². The number of ether oxygens (including phenoxy) is 1. The van der Waals surface area contributed by atoms with E-state index in [1.54, 1.807) is 29.6 Å². The predicted molar refractivity (Wildman–Crippen MR) is 99.7 cm³/mol. The smallest absolute Gasteiger partial charge is 0.271 e. The largest absolute Gasteiger partial charge is 0.467 e. The molecular weight excluding hydrogens is 420 g/mol. The van der Waals surface area contributed by atoms with Crippen molar-refractivity contribution in [1.82, 2.24) is 0 Å². The first kappa shape index (κ1) is 16.7. The number of thiophene rings is 1. The van der Waals surface area contributed by atoms with E-state index in [4.69, 9.17) is 17.0 Å². The lowest BCUT2D eigenvalue weighted by Gasteiger charge is -2.13. The maximum atomic E-state index is 12.3. The van der Waals surface area contributed by atoms with Gasteiger partial charge in [-0.25, -0.2) is 8.42 Å². The average molecular weight is 433 g/mol. The van der Waals surface area contributed by atoms with E-state index in [9.17, 15) is 8.42 Å². The number of hydrogen-bond acceptors (Lipinski definition) is 5. The van der Waals surface area contributed by atoms with Crippen molar-refractivity contribution >= 4 is 66.1 Å². The second kappa shape index (κ2) is 6.39. The SMILES string of the molecule is CC1Cc2cc(NS(=O)(=O)c3cccs3)cc(Br)c2NC(=S)O1. The lowest BCUT2D eigenvalue weighted by molar-refractivity contribution is 0.217. The van der Waals surface area contributed by atoms with E-state index in [2.05, 4.69) is 26.0 Å². The molecule has 122 valence electrons. The van der Waals surface area contributed by atoms with Crippen molar-refractivity contribution in [1.29, 1.82) is 0 Å². The lowest BCUT2D eigenvalue weighted by atomic mass is 10.1. The molecule has 0 aliphatic carbocycles. The molecule has 0 saturated heterocycles. The minimum atomic E-state index is -3.58. The summed E-state index contributed by atoms with van der Waals surface area (Å²) in [6.07, 6.45) is 0.530. The Kier molecular flexibility index (Phi) is 4.63. The number of rotatable bonds is 3. The number of benzene rings is 1. The first-order valence-electron chi connectivity index (χ1n) is 6.71. The summed E-state index contributed by atoms with van der Waals surface area (Å²) in [5.41, 5.74) is 2.22. The van der Waals surface area contributed by atoms with Crippen LogP contribution in [0.15, 0.2) is 38.3 Å². The summed E-state index contributed by atoms with van der Waals surface area (Å²) in [6.45, 7) is 1.92. The second-order valence-electron chi connectivity index (χ2n) is 5.07. The number of hydrogen-bond donors (Lipinski definition) is 2. The average Bonchev–Trinajstić information content (AvgIpc) is 2.92. The Hall–Kier alpha value is -1.16. The molecule has 1 aliphatic heterocycles. The number of sulfonamides is 1. The van der Waals surface area contributed by atoms with Crippen molar-refractivity contribution in [3.8, 4) is 0 Å². The maximum absolute atomic E-state index is 12.3. The van der Waals surface area contributed by atoms with Gasteiger partial charge in [0.25, 0.3) is 15.2 Å². The van der Waals surface area contributed by atoms with Crippen LogP contribution in [-0.2, 0) is 21.2 Å². The summed E-state index contributed by atoms with van der Waals surface area (Å²) >= 11 is 9.75. The summed E-state index contributed by atoms with van der Waals surface area (Å²) in [5, 5.41) is 5.06. The normalized spacial score (nSPS) is 17.7. The minimum absolute atomic E-state index is 0.0905. The maximum Gasteiger partial charge on any atom is 0.271 e. The molecule has 2 heterocycles. The third-order valence-corrected chi connectivity index (χ3v) is 6.83. The van der Waals surface area contributed by atoms with Crippen LogP contribution in [0.5, 0.6) is 0 Å². The van der Waals surface area contributed by atoms with Gasteiger partial charge in [0.05, 0.1) is 11.4 Å². The van der Waals surface area contributed by atoms with Crippen molar-refractivity contribution in [2.45, 2.75) is 23.7 Å². The standard InChI is InChI=1S/C14H13BrN2O3S3/c1-8-5-9-6-10(7-11(15)13(9)16-14(21)20-8)17-23(18,19)12-3-2-4-22-12/h2-4,6-8,17H,5H2,1H3,(H,16,21). The van der Waals surface area contributed by atoms with Crippen LogP contribution in [0.1, 0.15) is 12.5 Å². The van der Waals surface area contributed by atoms with E-state index in [1.807, 2.05) is 6.92 Å². The number of thiocarbonyl (C=S) groups is 1. The van der Waals surface area contributed by atoms with Gasteiger partial charge in [-0.1, -0.05) is 6.07 Å². The number of halogens is 1. The first-order chi connectivity index (χ1) is 10.8. The van der Waals surface area contributed by atoms with Crippen LogP contribution in [0.25, 0.3) is 0 Å². The summed E-state index contributed by atoms with van der Waals surface area (Å²) in [4.78, 5) is 0. The Morgan fingerprint density at radius 1 is 1.48 bits per heavy atom. The van der Waals surface area contributed by atoms with Crippen LogP contribution >= 0.6 is 39.5 Å². The molecule has 1 aliphatic rings. The highest BCUT2D eigenvalue weighted by molar-refractivity contribution is 9.10. The highest BCUT2D eigenvalue weighted by Gasteiger charge is 2.21. The monoisotopic (exact) mass is 432 g/mol. The fourth-order valence-electron chi connectivity index (χ4n) is 2.31. The summed E-state index contributed by atoms with van der Waals surface area (Å²) in [5.74, 6) is 0. The van der Waals surface area contributed by atoms with Gasteiger partial charge in [0.1, 0.15) is 10.3 Å². The minimum Gasteiger partial charge on any atom is -0.467 e. The van der Waals surface area contributed by atoms with Crippen LogP contribution in [0, 0.1) is 0 Å². The Bertz CT molecular complexity index is 850. The van der Waals surface area contributed by atoms with Gasteiger partial charge in [-0.3, -0.25) is 4.72 Å². The van der Waals surface area contributed by atoms with Crippen LogP contribution in [-0.4, -0.2) is 19.7 Å². The van der Waals surface area contributed by atoms with Gasteiger partial charge in [-0.15, -0.1) is 11.3 Å². The highest BCUT2D eigenvalue weighted by atomic mass is 79.9. The van der Waals surface area contributed by atoms with Gasteiger partial charge < -0.3 is 10.1 Å². The molecule has 0 radical (unpaired) electrons. The summed E-state index contributed by atoms with van der Waals surface area (Å²) in [6, 6.07) is 6.78. The third kappa shape index (κ3) is 3.68. The van der Waals surface area contributed by atoms with E-state index in [1.165, 1.54) is 11.3 Å². The molecule has 5 nitrogen and oxygen atoms in total. The zero-order chi connectivity index (χ0) is 16.6. The van der Waals surface area contributed by atoms with Crippen LogP contribution in [0.4, 0.5) is 11.4 Å². The Balaban J connectivity index is 1.97. The fourth-order valence-corrected chi connectivity index (χ4v) is 5.21. The predicted octanol–water partition coefficient (Wildman–Crippen LogP) is 3.97. The number of nitrogens with one attached hydrogen (secondary N) is 2. The molecule has 1 atom stereocenters. The summed E-state index contributed by atoms with van der Waals surface area (Å²) in [7, 11) is -3.58. The Morgan fingerprint density at radius 2 is 2.26 bits per heavy atom. The molecule has 3 rings (SSSR count). The van der Waals surface area contributed by atoms with Crippen LogP contribution < -0.4 is 10.0 Å². The molecule has 0 bridgehead atoms. The molecule has 2 aromatic rings. The van der Waals surface area contributed by atoms with E-state index in [0.717, 1.165) is 15.7 Å². The molecule has 2 N–H and O–H groups in total. The van der Waals surface area contributed by atoms with Crippen LogP contribution in [0.2, 0.25) is 0 Å². The van der Waals surface area contributed by atoms with Crippen molar-refractivity contribution in [3.05, 3.63) is 39.7 Å². The van der Waals surface area contributed by atoms with Crippen molar-refractivity contribution in [3.63, 3.8) is 0 Å². The van der Waals surface area contributed by atoms with E-state index >= 15 is 0 Å². The summed E-state index contributed by atoms with van der Waals surface area (Å²) < 4.78 is 33.8. The molecule has 9 heteroatoms. The molecule has 1 aromatic heterocycles. The fraction of sp³-hybridized carbons (Fsp3) is 0.214. The van der Waals surface area contributed by atoms with E-state index in [-0.39, 0.29) is 10.3 Å². The molecule has 1 unspecified atom stereocenters. The Morgan fingerprint density at radius 3 is 2.96 bits per heavy atom. The van der Waals surface area contributed by atoms with Gasteiger partial charge in [-0.05, 0) is 64.2 Å². The molecule has 0 fully saturated rings. The molecule has 23 heavy (non-hydrogen) atoms. The van der Waals surface area contributed by atoms with Crippen molar-refractivity contribution in [2.75, 3.05) is 10.0 Å². The topological polar surface area (TPSA) is 67.4 Å². The third-order valence-electron chi connectivity index (χ3n) is 3.23. The molecule has 0 spiro atoms. The Labute approximate surface area is 152 Å². The highest BCUT2D eigenvalue weighted by Crippen LogP contribution is 2.34. The quantitative estimate of drug-likeness (QED) is 0.718. The zero-order valence-electron chi connectivity index (χ0n) is 12.0. The van der Waals surface area contributed by atoms with E-state index in [0.29, 0.717) is 17.3 Å². The van der Waals surface area contributed by atoms with E-state index < -0.39 is 10.0 Å². The van der Waals surface area contributed by atoms with Crippen molar-refractivity contribution in [2.24, 2.45) is 0 Å². The van der Waals surface area contributed by atoms with Crippen molar-refractivity contribution < 1.29 is 13.2 Å². The van der Waals surface area contributed by atoms with Gasteiger partial charge in [-0.2, -0.15) is 0 Å². The second-order valence-corrected chi connectivity index (χ2v) is 9.16. The van der Waals surface area contributed by atoms with Gasteiger partial charge in [0.15, 0.2) is 0 Å². The van der Waals surface area contributed by atoms with Crippen LogP contribution in [0.3, 0.4) is 0 Å². The first-order valence-corrected chi connectivity index (χ1v) is 10.3. The zero-order valence-corrected chi connectivity index (χ0v) is 16.0. The lowest BCUT2D eigenvalue weighted by Crippen LogP contribution is -2.17. The molecular formula is C14H13BrN2O3S3. The molecule has 1 aromatic carbocycles. The molecule has 0 saturated carbocycles. The van der Waals surface area contributed by atoms with Gasteiger partial charge in [0, 0.05) is 10.9 Å². The number of anilines is 2.